The molecule has 0 fully saturated rings. The third kappa shape index (κ3) is 2.63. The summed E-state index contributed by atoms with van der Waals surface area (Å²) in [6, 6.07) is 6.12. The molecule has 1 aromatic carbocycles. The standard InChI is InChI=1S/C15H16FNO3/c1-3-20-13(16)9-8-10(2)17-14(18)11-6-4-5-7-12(11)15(17)19/h4-10,13H,3H2,1-2H3. The number of carbonyl (C=O) groups excluding carboxylic acids is 2. The summed E-state index contributed by atoms with van der Waals surface area (Å²) in [6.07, 6.45) is 1.14. The first-order valence-electron chi connectivity index (χ1n) is 6.47. The van der Waals surface area contributed by atoms with Crippen molar-refractivity contribution in [1.29, 1.82) is 0 Å². The van der Waals surface area contributed by atoms with Gasteiger partial charge in [-0.15, -0.1) is 0 Å². The number of rotatable bonds is 5. The molecule has 106 valence electrons. The van der Waals surface area contributed by atoms with Gasteiger partial charge in [0.05, 0.1) is 17.2 Å². The molecule has 0 bridgehead atoms. The smallest absolute Gasteiger partial charge is 0.262 e. The summed E-state index contributed by atoms with van der Waals surface area (Å²) in [6.45, 7) is 3.61. The second-order valence-corrected chi connectivity index (χ2v) is 4.46. The second kappa shape index (κ2) is 5.96. The van der Waals surface area contributed by atoms with Crippen LogP contribution < -0.4 is 0 Å². The van der Waals surface area contributed by atoms with Gasteiger partial charge in [0.15, 0.2) is 0 Å². The van der Waals surface area contributed by atoms with E-state index in [0.717, 1.165) is 4.90 Å². The summed E-state index contributed by atoms with van der Waals surface area (Å²) in [4.78, 5) is 25.5. The van der Waals surface area contributed by atoms with Crippen LogP contribution in [-0.2, 0) is 4.74 Å². The van der Waals surface area contributed by atoms with E-state index in [0.29, 0.717) is 11.1 Å². The van der Waals surface area contributed by atoms with Crippen LogP contribution in [0.4, 0.5) is 4.39 Å². The van der Waals surface area contributed by atoms with Gasteiger partial charge in [0.25, 0.3) is 11.8 Å². The molecule has 1 aliphatic heterocycles. The largest absolute Gasteiger partial charge is 0.345 e. The van der Waals surface area contributed by atoms with E-state index in [2.05, 4.69) is 0 Å². The molecule has 0 N–H and O–H groups in total. The normalized spacial score (nSPS) is 17.6. The van der Waals surface area contributed by atoms with Gasteiger partial charge in [0.1, 0.15) is 0 Å². The highest BCUT2D eigenvalue weighted by Gasteiger charge is 2.37. The molecule has 2 atom stereocenters. The third-order valence-electron chi connectivity index (χ3n) is 3.10. The maximum Gasteiger partial charge on any atom is 0.262 e. The number of alkyl halides is 1. The fraction of sp³-hybridized carbons (Fsp3) is 0.333. The molecule has 1 aromatic rings. The molecule has 2 unspecified atom stereocenters. The highest BCUT2D eigenvalue weighted by atomic mass is 19.1. The molecular formula is C15H16FNO3. The average Bonchev–Trinajstić information content (AvgIpc) is 2.69. The molecule has 2 amide bonds. The number of fused-ring (bicyclic) bond motifs is 1. The Balaban J connectivity index is 2.15. The fourth-order valence-corrected chi connectivity index (χ4v) is 2.13. The van der Waals surface area contributed by atoms with Crippen molar-refractivity contribution in [3.8, 4) is 0 Å². The zero-order chi connectivity index (χ0) is 14.7. The van der Waals surface area contributed by atoms with Crippen LogP contribution in [0, 0.1) is 0 Å². The van der Waals surface area contributed by atoms with Crippen molar-refractivity contribution in [2.45, 2.75) is 26.2 Å². The molecule has 0 radical (unpaired) electrons. The monoisotopic (exact) mass is 277 g/mol. The number of benzene rings is 1. The number of imide groups is 1. The zero-order valence-electron chi connectivity index (χ0n) is 11.4. The van der Waals surface area contributed by atoms with E-state index in [1.807, 2.05) is 0 Å². The first kappa shape index (κ1) is 14.4. The predicted molar refractivity (Wildman–Crippen MR) is 72.1 cm³/mol. The molecule has 0 saturated heterocycles. The van der Waals surface area contributed by atoms with Gasteiger partial charge in [-0.25, -0.2) is 4.39 Å². The lowest BCUT2D eigenvalue weighted by atomic mass is 10.1. The van der Waals surface area contributed by atoms with Crippen molar-refractivity contribution in [2.75, 3.05) is 6.61 Å². The van der Waals surface area contributed by atoms with Crippen molar-refractivity contribution in [2.24, 2.45) is 0 Å². The Labute approximate surface area is 116 Å². The Morgan fingerprint density at radius 2 is 1.75 bits per heavy atom. The van der Waals surface area contributed by atoms with Gasteiger partial charge in [-0.05, 0) is 32.1 Å². The first-order valence-corrected chi connectivity index (χ1v) is 6.47. The minimum Gasteiger partial charge on any atom is -0.345 e. The number of ether oxygens (including phenoxy) is 1. The van der Waals surface area contributed by atoms with Crippen LogP contribution >= 0.6 is 0 Å². The van der Waals surface area contributed by atoms with Crippen LogP contribution in [0.2, 0.25) is 0 Å². The van der Waals surface area contributed by atoms with Crippen molar-refractivity contribution >= 4 is 11.8 Å². The van der Waals surface area contributed by atoms with E-state index in [1.165, 1.54) is 12.2 Å². The van der Waals surface area contributed by atoms with Crippen LogP contribution in [0.1, 0.15) is 34.6 Å². The van der Waals surface area contributed by atoms with Crippen LogP contribution in [0.3, 0.4) is 0 Å². The van der Waals surface area contributed by atoms with Gasteiger partial charge in [0.2, 0.25) is 6.36 Å². The topological polar surface area (TPSA) is 46.6 Å². The number of amides is 2. The SMILES string of the molecule is CCOC(F)C=CC(C)N1C(=O)c2ccccc2C1=O. The van der Waals surface area contributed by atoms with E-state index in [1.54, 1.807) is 38.1 Å². The second-order valence-electron chi connectivity index (χ2n) is 4.46. The van der Waals surface area contributed by atoms with Crippen LogP contribution in [0.5, 0.6) is 0 Å². The molecule has 2 rings (SSSR count). The summed E-state index contributed by atoms with van der Waals surface area (Å²) in [5.74, 6) is -0.705. The molecule has 20 heavy (non-hydrogen) atoms. The van der Waals surface area contributed by atoms with Gasteiger partial charge in [0, 0.05) is 6.61 Å². The maximum absolute atomic E-state index is 13.2. The Hall–Kier alpha value is -2.01. The minimum absolute atomic E-state index is 0.257. The summed E-state index contributed by atoms with van der Waals surface area (Å²) < 4.78 is 17.9. The lowest BCUT2D eigenvalue weighted by molar-refractivity contribution is 0.00379. The molecule has 0 spiro atoms. The Bertz CT molecular complexity index is 521. The maximum atomic E-state index is 13.2. The summed E-state index contributed by atoms with van der Waals surface area (Å²) in [7, 11) is 0. The van der Waals surface area contributed by atoms with Gasteiger partial charge in [-0.2, -0.15) is 0 Å². The number of nitrogens with zero attached hydrogens (tertiary/aromatic N) is 1. The lowest BCUT2D eigenvalue weighted by Crippen LogP contribution is -2.36. The molecule has 5 heteroatoms. The summed E-state index contributed by atoms with van der Waals surface area (Å²) >= 11 is 0. The number of halogens is 1. The van der Waals surface area contributed by atoms with Crippen LogP contribution in [-0.4, -0.2) is 35.7 Å². The summed E-state index contributed by atoms with van der Waals surface area (Å²) in [5.41, 5.74) is 0.777. The highest BCUT2D eigenvalue weighted by Crippen LogP contribution is 2.24. The molecule has 1 aliphatic rings. The van der Waals surface area contributed by atoms with E-state index >= 15 is 0 Å². The van der Waals surface area contributed by atoms with Gasteiger partial charge in [-0.1, -0.05) is 18.2 Å². The number of hydrogen-bond acceptors (Lipinski definition) is 3. The first-order chi connectivity index (χ1) is 9.56. The van der Waals surface area contributed by atoms with E-state index in [-0.39, 0.29) is 18.4 Å². The van der Waals surface area contributed by atoms with Crippen molar-refractivity contribution in [3.63, 3.8) is 0 Å². The van der Waals surface area contributed by atoms with Gasteiger partial charge >= 0.3 is 0 Å². The molecule has 0 saturated carbocycles. The average molecular weight is 277 g/mol. The Morgan fingerprint density at radius 3 is 2.25 bits per heavy atom. The van der Waals surface area contributed by atoms with E-state index < -0.39 is 12.4 Å². The molecule has 4 nitrogen and oxygen atoms in total. The van der Waals surface area contributed by atoms with Crippen molar-refractivity contribution in [1.82, 2.24) is 4.90 Å². The van der Waals surface area contributed by atoms with E-state index in [4.69, 9.17) is 4.74 Å². The van der Waals surface area contributed by atoms with Gasteiger partial charge < -0.3 is 4.74 Å². The zero-order valence-corrected chi connectivity index (χ0v) is 11.4. The van der Waals surface area contributed by atoms with Crippen LogP contribution in [0.15, 0.2) is 36.4 Å². The number of carbonyl (C=O) groups is 2. The quantitative estimate of drug-likeness (QED) is 0.614. The predicted octanol–water partition coefficient (Wildman–Crippen LogP) is 2.56. The van der Waals surface area contributed by atoms with E-state index in [9.17, 15) is 14.0 Å². The molecular weight excluding hydrogens is 261 g/mol. The molecule has 1 heterocycles. The molecule has 0 aliphatic carbocycles. The van der Waals surface area contributed by atoms with Crippen molar-refractivity contribution in [3.05, 3.63) is 47.5 Å². The Kier molecular flexibility index (Phi) is 4.29. The van der Waals surface area contributed by atoms with Crippen LogP contribution in [0.25, 0.3) is 0 Å². The van der Waals surface area contributed by atoms with Crippen molar-refractivity contribution < 1.29 is 18.7 Å². The third-order valence-corrected chi connectivity index (χ3v) is 3.10. The summed E-state index contributed by atoms with van der Waals surface area (Å²) in [5, 5.41) is 0. The molecule has 0 aromatic heterocycles. The van der Waals surface area contributed by atoms with Gasteiger partial charge in [-0.3, -0.25) is 14.5 Å². The minimum atomic E-state index is -1.53. The fourth-order valence-electron chi connectivity index (χ4n) is 2.13. The highest BCUT2D eigenvalue weighted by molar-refractivity contribution is 6.21. The lowest BCUT2D eigenvalue weighted by Gasteiger charge is -2.19. The Morgan fingerprint density at radius 1 is 1.20 bits per heavy atom. The number of hydrogen-bond donors (Lipinski definition) is 0.